The fourth-order valence-corrected chi connectivity index (χ4v) is 3.68. The zero-order valence-electron chi connectivity index (χ0n) is 15.8. The smallest absolute Gasteiger partial charge is 0.387 e. The van der Waals surface area contributed by atoms with Crippen LogP contribution in [0.3, 0.4) is 0 Å². The molecule has 152 valence electrons. The van der Waals surface area contributed by atoms with Gasteiger partial charge in [0, 0.05) is 21.5 Å². The highest BCUT2D eigenvalue weighted by Crippen LogP contribution is 2.34. The molecule has 0 saturated heterocycles. The summed E-state index contributed by atoms with van der Waals surface area (Å²) in [5.74, 6) is -0.492. The summed E-state index contributed by atoms with van der Waals surface area (Å²) in [7, 11) is 1.33. The second-order valence-electron chi connectivity index (χ2n) is 5.90. The first-order valence-corrected chi connectivity index (χ1v) is 9.53. The maximum atomic E-state index is 12.9. The van der Waals surface area contributed by atoms with Crippen LogP contribution in [0.2, 0.25) is 0 Å². The van der Waals surface area contributed by atoms with Crippen molar-refractivity contribution in [1.82, 2.24) is 0 Å². The number of carbonyl (C=O) groups is 1. The van der Waals surface area contributed by atoms with Crippen LogP contribution >= 0.6 is 11.8 Å². The second-order valence-corrected chi connectivity index (χ2v) is 6.99. The van der Waals surface area contributed by atoms with Gasteiger partial charge < -0.3 is 14.8 Å². The van der Waals surface area contributed by atoms with E-state index in [0.717, 1.165) is 4.90 Å². The van der Waals surface area contributed by atoms with Crippen LogP contribution in [0.25, 0.3) is 0 Å². The summed E-state index contributed by atoms with van der Waals surface area (Å²) >= 11 is 1.29. The molecule has 1 N–H and O–H groups in total. The zero-order valence-corrected chi connectivity index (χ0v) is 16.6. The van der Waals surface area contributed by atoms with Crippen molar-refractivity contribution in [3.8, 4) is 17.6 Å². The third-order valence-electron chi connectivity index (χ3n) is 4.00. The quantitative estimate of drug-likeness (QED) is 0.535. The van der Waals surface area contributed by atoms with E-state index in [4.69, 9.17) is 4.74 Å². The van der Waals surface area contributed by atoms with Gasteiger partial charge in [-0.1, -0.05) is 36.0 Å². The van der Waals surface area contributed by atoms with Gasteiger partial charge in [0.15, 0.2) is 11.5 Å². The molecule has 3 rings (SSSR count). The van der Waals surface area contributed by atoms with Gasteiger partial charge in [-0.3, -0.25) is 4.79 Å². The molecule has 5 nitrogen and oxygen atoms in total. The number of nitrogens with one attached hydrogen (secondary N) is 1. The number of amides is 1. The predicted octanol–water partition coefficient (Wildman–Crippen LogP) is 5.57. The number of hydrogen-bond donors (Lipinski definition) is 1. The Kier molecular flexibility index (Phi) is 6.88. The summed E-state index contributed by atoms with van der Waals surface area (Å²) in [6, 6.07) is 20.4. The summed E-state index contributed by atoms with van der Waals surface area (Å²) < 4.78 is 34.7. The summed E-state index contributed by atoms with van der Waals surface area (Å²) in [6.07, 6.45) is 0. The van der Waals surface area contributed by atoms with E-state index in [1.165, 1.54) is 37.1 Å². The van der Waals surface area contributed by atoms with Crippen LogP contribution in [0.4, 0.5) is 14.5 Å². The Balaban J connectivity index is 1.86. The van der Waals surface area contributed by atoms with Gasteiger partial charge in [0.1, 0.15) is 6.07 Å². The Hall–Kier alpha value is -3.57. The molecule has 8 heteroatoms. The number of halogens is 2. The first kappa shape index (κ1) is 21.1. The van der Waals surface area contributed by atoms with Crippen molar-refractivity contribution in [2.75, 3.05) is 12.4 Å². The third kappa shape index (κ3) is 5.07. The number of alkyl halides is 2. The van der Waals surface area contributed by atoms with E-state index in [1.807, 2.05) is 6.07 Å². The highest BCUT2D eigenvalue weighted by molar-refractivity contribution is 7.99. The topological polar surface area (TPSA) is 71.3 Å². The Morgan fingerprint density at radius 2 is 1.73 bits per heavy atom. The minimum Gasteiger partial charge on any atom is -0.493 e. The monoisotopic (exact) mass is 426 g/mol. The lowest BCUT2D eigenvalue weighted by atomic mass is 10.2. The SMILES string of the molecule is COc1ccc(NC(=O)c2ccccc2Sc2ccccc2C#N)cc1OC(F)F. The van der Waals surface area contributed by atoms with Crippen molar-refractivity contribution in [1.29, 1.82) is 5.26 Å². The van der Waals surface area contributed by atoms with Crippen LogP contribution in [-0.4, -0.2) is 19.6 Å². The fourth-order valence-electron chi connectivity index (χ4n) is 2.65. The normalized spacial score (nSPS) is 10.4. The highest BCUT2D eigenvalue weighted by atomic mass is 32.2. The number of nitrogens with zero attached hydrogens (tertiary/aromatic N) is 1. The van der Waals surface area contributed by atoms with Crippen molar-refractivity contribution in [3.05, 3.63) is 77.9 Å². The summed E-state index contributed by atoms with van der Waals surface area (Å²) in [4.78, 5) is 14.2. The molecule has 0 heterocycles. The van der Waals surface area contributed by atoms with Crippen molar-refractivity contribution >= 4 is 23.4 Å². The van der Waals surface area contributed by atoms with Crippen molar-refractivity contribution in [3.63, 3.8) is 0 Å². The average molecular weight is 426 g/mol. The Morgan fingerprint density at radius 3 is 2.43 bits per heavy atom. The van der Waals surface area contributed by atoms with Gasteiger partial charge in [-0.15, -0.1) is 0 Å². The molecule has 0 radical (unpaired) electrons. The molecule has 3 aromatic rings. The molecule has 0 aromatic heterocycles. The first-order chi connectivity index (χ1) is 14.5. The number of rotatable bonds is 7. The van der Waals surface area contributed by atoms with Crippen LogP contribution in [0.5, 0.6) is 11.5 Å². The molecule has 0 aliphatic rings. The number of carbonyl (C=O) groups excluding carboxylic acids is 1. The minimum atomic E-state index is -3.03. The number of hydrogen-bond acceptors (Lipinski definition) is 5. The number of anilines is 1. The maximum absolute atomic E-state index is 12.9. The standard InChI is InChI=1S/C22H16F2N2O3S/c1-28-17-11-10-15(12-18(17)29-22(23)24)26-21(27)16-7-3-5-9-20(16)30-19-8-4-2-6-14(19)13-25/h2-12,22H,1H3,(H,26,27). The van der Waals surface area contributed by atoms with Gasteiger partial charge in [0.25, 0.3) is 5.91 Å². The van der Waals surface area contributed by atoms with E-state index in [1.54, 1.807) is 42.5 Å². The highest BCUT2D eigenvalue weighted by Gasteiger charge is 2.16. The Morgan fingerprint density at radius 1 is 1.03 bits per heavy atom. The van der Waals surface area contributed by atoms with Crippen LogP contribution in [0.1, 0.15) is 15.9 Å². The molecule has 1 amide bonds. The van der Waals surface area contributed by atoms with Gasteiger partial charge >= 0.3 is 6.61 Å². The summed E-state index contributed by atoms with van der Waals surface area (Å²) in [5.41, 5.74) is 1.15. The lowest BCUT2D eigenvalue weighted by molar-refractivity contribution is -0.0511. The van der Waals surface area contributed by atoms with E-state index in [0.29, 0.717) is 16.0 Å². The van der Waals surface area contributed by atoms with E-state index in [-0.39, 0.29) is 17.2 Å². The van der Waals surface area contributed by atoms with Gasteiger partial charge in [0.2, 0.25) is 0 Å². The van der Waals surface area contributed by atoms with Crippen LogP contribution in [0, 0.1) is 11.3 Å². The second kappa shape index (κ2) is 9.76. The molecule has 30 heavy (non-hydrogen) atoms. The summed E-state index contributed by atoms with van der Waals surface area (Å²) in [5, 5.41) is 12.0. The molecule has 0 aliphatic carbocycles. The van der Waals surface area contributed by atoms with E-state index >= 15 is 0 Å². The maximum Gasteiger partial charge on any atom is 0.387 e. The number of nitriles is 1. The van der Waals surface area contributed by atoms with Crippen molar-refractivity contribution in [2.45, 2.75) is 16.4 Å². The van der Waals surface area contributed by atoms with Gasteiger partial charge in [0.05, 0.1) is 18.2 Å². The van der Waals surface area contributed by atoms with E-state index < -0.39 is 12.5 Å². The minimum absolute atomic E-state index is 0.123. The van der Waals surface area contributed by atoms with Gasteiger partial charge in [-0.25, -0.2) is 0 Å². The number of benzene rings is 3. The molecule has 0 unspecified atom stereocenters. The largest absolute Gasteiger partial charge is 0.493 e. The molecule has 0 fully saturated rings. The fraction of sp³-hybridized carbons (Fsp3) is 0.0909. The molecule has 0 aliphatic heterocycles. The zero-order chi connectivity index (χ0) is 21.5. The molecule has 3 aromatic carbocycles. The first-order valence-electron chi connectivity index (χ1n) is 8.72. The molecule has 0 atom stereocenters. The lowest BCUT2D eigenvalue weighted by Gasteiger charge is -2.13. The van der Waals surface area contributed by atoms with Gasteiger partial charge in [-0.2, -0.15) is 14.0 Å². The van der Waals surface area contributed by atoms with E-state index in [9.17, 15) is 18.8 Å². The van der Waals surface area contributed by atoms with Crippen molar-refractivity contribution < 1.29 is 23.0 Å². The van der Waals surface area contributed by atoms with Crippen molar-refractivity contribution in [2.24, 2.45) is 0 Å². The van der Waals surface area contributed by atoms with Gasteiger partial charge in [-0.05, 0) is 36.4 Å². The molecular formula is C22H16F2N2O3S. The van der Waals surface area contributed by atoms with E-state index in [2.05, 4.69) is 16.1 Å². The number of ether oxygens (including phenoxy) is 2. The molecule has 0 saturated carbocycles. The number of methoxy groups -OCH3 is 1. The predicted molar refractivity (Wildman–Crippen MR) is 109 cm³/mol. The lowest BCUT2D eigenvalue weighted by Crippen LogP contribution is -2.13. The Labute approximate surface area is 176 Å². The molecule has 0 bridgehead atoms. The van der Waals surface area contributed by atoms with Crippen LogP contribution in [-0.2, 0) is 0 Å². The molecule has 0 spiro atoms. The van der Waals surface area contributed by atoms with Crippen LogP contribution in [0.15, 0.2) is 76.5 Å². The molecular weight excluding hydrogens is 410 g/mol. The van der Waals surface area contributed by atoms with Crippen LogP contribution < -0.4 is 14.8 Å². The Bertz CT molecular complexity index is 1100. The summed E-state index contributed by atoms with van der Waals surface area (Å²) in [6.45, 7) is -3.03. The average Bonchev–Trinajstić information content (AvgIpc) is 2.74. The third-order valence-corrected chi connectivity index (χ3v) is 5.15.